The number of rotatable bonds is 4. The Balaban J connectivity index is 1.19. The first-order valence-corrected chi connectivity index (χ1v) is 17.0. The second-order valence-corrected chi connectivity index (χ2v) is 16.4. The van der Waals surface area contributed by atoms with Crippen LogP contribution in [-0.4, -0.2) is 13.1 Å². The summed E-state index contributed by atoms with van der Waals surface area (Å²) in [6, 6.07) is 41.2. The van der Waals surface area contributed by atoms with E-state index >= 15 is 0 Å². The number of para-hydroxylation sites is 2. The number of nitrogens with zero attached hydrogens (tertiary/aromatic N) is 1. The highest BCUT2D eigenvalue weighted by Crippen LogP contribution is 2.36. The molecule has 3 heteroatoms. The van der Waals surface area contributed by atoms with Crippen LogP contribution in [0.15, 0.2) is 126 Å². The minimum absolute atomic E-state index is 0.922. The number of hydrogen-bond donors (Lipinski definition) is 0. The molecule has 0 fully saturated rings. The monoisotopic (exact) mass is 519 g/mol. The molecule has 0 saturated carbocycles. The molecular formula is C36H29NOSi. The molecule has 2 aromatic heterocycles. The van der Waals surface area contributed by atoms with E-state index in [1.807, 2.05) is 18.3 Å². The van der Waals surface area contributed by atoms with E-state index in [0.717, 1.165) is 55.1 Å². The molecule has 0 atom stereocenters. The molecule has 2 nitrogen and oxygen atoms in total. The molecule has 188 valence electrons. The molecule has 0 saturated heterocycles. The molecule has 0 radical (unpaired) electrons. The maximum atomic E-state index is 6.25. The Morgan fingerprint density at radius 2 is 1.23 bits per heavy atom. The highest BCUT2D eigenvalue weighted by atomic mass is 28.3. The molecule has 0 bridgehead atoms. The summed E-state index contributed by atoms with van der Waals surface area (Å²) in [5.41, 5.74) is 9.82. The lowest BCUT2D eigenvalue weighted by atomic mass is 9.98. The molecule has 0 aliphatic heterocycles. The van der Waals surface area contributed by atoms with Crippen molar-refractivity contribution in [2.24, 2.45) is 0 Å². The van der Waals surface area contributed by atoms with Crippen LogP contribution < -0.4 is 5.19 Å². The topological polar surface area (TPSA) is 26.0 Å². The summed E-state index contributed by atoms with van der Waals surface area (Å²) >= 11 is 0. The van der Waals surface area contributed by atoms with Crippen molar-refractivity contribution in [2.75, 3.05) is 0 Å². The fourth-order valence-electron chi connectivity index (χ4n) is 5.44. The van der Waals surface area contributed by atoms with Crippen molar-refractivity contribution in [1.82, 2.24) is 4.98 Å². The zero-order valence-electron chi connectivity index (χ0n) is 22.4. The van der Waals surface area contributed by atoms with E-state index in [2.05, 4.69) is 123 Å². The van der Waals surface area contributed by atoms with Gasteiger partial charge in [0.05, 0.1) is 13.6 Å². The summed E-state index contributed by atoms with van der Waals surface area (Å²) in [6.45, 7) is 7.15. The first-order chi connectivity index (χ1) is 18.9. The van der Waals surface area contributed by atoms with Gasteiger partial charge < -0.3 is 4.42 Å². The third kappa shape index (κ3) is 4.25. The summed E-state index contributed by atoms with van der Waals surface area (Å²) in [5, 5.41) is 4.93. The van der Waals surface area contributed by atoms with Gasteiger partial charge in [0.15, 0.2) is 0 Å². The van der Waals surface area contributed by atoms with Gasteiger partial charge in [0.25, 0.3) is 0 Å². The van der Waals surface area contributed by atoms with Crippen LogP contribution in [0.1, 0.15) is 0 Å². The van der Waals surface area contributed by atoms with E-state index in [-0.39, 0.29) is 0 Å². The molecule has 0 spiro atoms. The molecule has 7 aromatic rings. The Morgan fingerprint density at radius 3 is 2.03 bits per heavy atom. The molecule has 0 unspecified atom stereocenters. The summed E-state index contributed by atoms with van der Waals surface area (Å²) < 4.78 is 6.25. The predicted octanol–water partition coefficient (Wildman–Crippen LogP) is 9.68. The van der Waals surface area contributed by atoms with Crippen LogP contribution >= 0.6 is 0 Å². The first kappa shape index (κ1) is 23.6. The number of furan rings is 1. The molecule has 7 rings (SSSR count). The number of benzene rings is 5. The number of pyridine rings is 1. The van der Waals surface area contributed by atoms with Gasteiger partial charge in [-0.05, 0) is 40.5 Å². The second kappa shape index (κ2) is 9.07. The molecule has 0 amide bonds. The number of aromatic nitrogens is 1. The predicted molar refractivity (Wildman–Crippen MR) is 168 cm³/mol. The Labute approximate surface area is 229 Å². The van der Waals surface area contributed by atoms with E-state index in [9.17, 15) is 0 Å². The van der Waals surface area contributed by atoms with Crippen LogP contribution in [-0.2, 0) is 0 Å². The van der Waals surface area contributed by atoms with Crippen molar-refractivity contribution in [3.63, 3.8) is 0 Å². The van der Waals surface area contributed by atoms with Gasteiger partial charge in [-0.25, -0.2) is 0 Å². The van der Waals surface area contributed by atoms with Crippen molar-refractivity contribution in [1.29, 1.82) is 0 Å². The van der Waals surface area contributed by atoms with E-state index in [0.29, 0.717) is 0 Å². The van der Waals surface area contributed by atoms with Gasteiger partial charge in [0, 0.05) is 33.5 Å². The lowest BCUT2D eigenvalue weighted by molar-refractivity contribution is 0.670. The quantitative estimate of drug-likeness (QED) is 0.216. The summed E-state index contributed by atoms with van der Waals surface area (Å²) in [4.78, 5) is 4.84. The van der Waals surface area contributed by atoms with Crippen molar-refractivity contribution >= 4 is 46.1 Å². The average Bonchev–Trinajstić information content (AvgIpc) is 3.35. The van der Waals surface area contributed by atoms with Crippen molar-refractivity contribution in [3.8, 4) is 33.4 Å². The summed E-state index contributed by atoms with van der Waals surface area (Å²) in [6.07, 6.45) is 1.98. The zero-order chi connectivity index (χ0) is 26.6. The van der Waals surface area contributed by atoms with Gasteiger partial charge in [-0.15, -0.1) is 0 Å². The maximum Gasteiger partial charge on any atom is 0.143 e. The van der Waals surface area contributed by atoms with Crippen molar-refractivity contribution in [3.05, 3.63) is 121 Å². The SMILES string of the molecule is C[Si](C)(C)c1ccc(-c2ccc3cc(-c4ccc(-c5cccc6c5oc5ccccc56)cc4)cnc3c2)cc1. The molecule has 0 aliphatic rings. The molecule has 2 heterocycles. The van der Waals surface area contributed by atoms with Crippen molar-refractivity contribution in [2.45, 2.75) is 19.6 Å². The van der Waals surface area contributed by atoms with Crippen LogP contribution in [0.2, 0.25) is 19.6 Å². The summed E-state index contributed by atoms with van der Waals surface area (Å²) in [5.74, 6) is 0. The standard InChI is InChI=1S/C36H29NOSi/c1-39(2,3)30-19-17-24(18-20-30)27-15-16-28-21-29(23-37-34(28)22-27)25-11-13-26(14-12-25)31-8-6-9-33-32-7-4-5-10-35(32)38-36(31)33/h4-23H,1-3H3. The van der Waals surface area contributed by atoms with Crippen LogP contribution in [0.5, 0.6) is 0 Å². The molecular weight excluding hydrogens is 490 g/mol. The van der Waals surface area contributed by atoms with Crippen molar-refractivity contribution < 1.29 is 4.42 Å². The minimum atomic E-state index is -1.30. The largest absolute Gasteiger partial charge is 0.455 e. The Bertz CT molecular complexity index is 1980. The van der Waals surface area contributed by atoms with Crippen LogP contribution in [0.3, 0.4) is 0 Å². The summed E-state index contributed by atoms with van der Waals surface area (Å²) in [7, 11) is -1.30. The fraction of sp³-hybridized carbons (Fsp3) is 0.0833. The van der Waals surface area contributed by atoms with E-state index < -0.39 is 8.07 Å². The first-order valence-electron chi connectivity index (χ1n) is 13.5. The smallest absolute Gasteiger partial charge is 0.143 e. The number of fused-ring (bicyclic) bond motifs is 4. The molecule has 0 N–H and O–H groups in total. The molecule has 39 heavy (non-hydrogen) atoms. The van der Waals surface area contributed by atoms with E-state index in [1.54, 1.807) is 0 Å². The number of hydrogen-bond acceptors (Lipinski definition) is 2. The fourth-order valence-corrected chi connectivity index (χ4v) is 6.60. The second-order valence-electron chi connectivity index (χ2n) is 11.3. The van der Waals surface area contributed by atoms with Gasteiger partial charge in [0.2, 0.25) is 0 Å². The average molecular weight is 520 g/mol. The van der Waals surface area contributed by atoms with Gasteiger partial charge in [-0.2, -0.15) is 0 Å². The van der Waals surface area contributed by atoms with Gasteiger partial charge in [0.1, 0.15) is 11.2 Å². The van der Waals surface area contributed by atoms with Gasteiger partial charge in [-0.3, -0.25) is 4.98 Å². The van der Waals surface area contributed by atoms with Crippen LogP contribution in [0, 0.1) is 0 Å². The Hall–Kier alpha value is -4.47. The van der Waals surface area contributed by atoms with Gasteiger partial charge in [-0.1, -0.05) is 122 Å². The lowest BCUT2D eigenvalue weighted by Crippen LogP contribution is -2.37. The lowest BCUT2D eigenvalue weighted by Gasteiger charge is -2.16. The minimum Gasteiger partial charge on any atom is -0.455 e. The van der Waals surface area contributed by atoms with Crippen LogP contribution in [0.25, 0.3) is 66.2 Å². The third-order valence-electron chi connectivity index (χ3n) is 7.70. The Morgan fingerprint density at radius 1 is 0.564 bits per heavy atom. The molecule has 5 aromatic carbocycles. The highest BCUT2D eigenvalue weighted by Gasteiger charge is 2.16. The van der Waals surface area contributed by atoms with E-state index in [1.165, 1.54) is 16.3 Å². The highest BCUT2D eigenvalue weighted by molar-refractivity contribution is 6.88. The van der Waals surface area contributed by atoms with Gasteiger partial charge >= 0.3 is 0 Å². The van der Waals surface area contributed by atoms with E-state index in [4.69, 9.17) is 9.40 Å². The molecule has 0 aliphatic carbocycles. The zero-order valence-corrected chi connectivity index (χ0v) is 23.4. The van der Waals surface area contributed by atoms with Crippen LogP contribution in [0.4, 0.5) is 0 Å². The normalized spacial score (nSPS) is 12.0. The third-order valence-corrected chi connectivity index (χ3v) is 9.77. The maximum absolute atomic E-state index is 6.25. The Kier molecular flexibility index (Phi) is 5.50.